The maximum absolute atomic E-state index is 11.4. The summed E-state index contributed by atoms with van der Waals surface area (Å²) in [6, 6.07) is 7.75. The van der Waals surface area contributed by atoms with Crippen molar-refractivity contribution in [3.05, 3.63) is 35.4 Å². The van der Waals surface area contributed by atoms with Crippen LogP contribution >= 0.6 is 0 Å². The maximum atomic E-state index is 11.4. The van der Waals surface area contributed by atoms with Gasteiger partial charge in [-0.1, -0.05) is 24.3 Å². The summed E-state index contributed by atoms with van der Waals surface area (Å²) >= 11 is 0. The molecule has 4 nitrogen and oxygen atoms in total. The Kier molecular flexibility index (Phi) is 6.68. The van der Waals surface area contributed by atoms with E-state index in [1.807, 2.05) is 45.0 Å². The van der Waals surface area contributed by atoms with Crippen LogP contribution in [0.3, 0.4) is 0 Å². The molecule has 0 amide bonds. The van der Waals surface area contributed by atoms with Crippen molar-refractivity contribution < 1.29 is 19.4 Å². The molecule has 0 aliphatic carbocycles. The van der Waals surface area contributed by atoms with E-state index >= 15 is 0 Å². The van der Waals surface area contributed by atoms with E-state index in [1.165, 1.54) is 0 Å². The zero-order chi connectivity index (χ0) is 15.0. The highest BCUT2D eigenvalue weighted by molar-refractivity contribution is 5.69. The van der Waals surface area contributed by atoms with Crippen molar-refractivity contribution in [3.63, 3.8) is 0 Å². The number of hydrogen-bond acceptors (Lipinski definition) is 4. The van der Waals surface area contributed by atoms with Crippen molar-refractivity contribution in [2.24, 2.45) is 0 Å². The highest BCUT2D eigenvalue weighted by Crippen LogP contribution is 2.09. The predicted molar refractivity (Wildman–Crippen MR) is 77.3 cm³/mol. The molecule has 0 fully saturated rings. The number of benzene rings is 1. The van der Waals surface area contributed by atoms with E-state index in [0.717, 1.165) is 17.5 Å². The summed E-state index contributed by atoms with van der Waals surface area (Å²) in [7, 11) is 0. The fourth-order valence-corrected chi connectivity index (χ4v) is 1.72. The number of esters is 1. The summed E-state index contributed by atoms with van der Waals surface area (Å²) in [5, 5.41) is 9.04. The molecule has 4 heteroatoms. The standard InChI is InChI=1S/C16H24O4/c1-16(2,3)20-15(18)8-10-19-9-7-13-5-4-6-14(11-13)12-17/h4-6,11,17H,7-10,12H2,1-3H3. The van der Waals surface area contributed by atoms with Crippen LogP contribution in [0.1, 0.15) is 38.3 Å². The van der Waals surface area contributed by atoms with Crippen LogP contribution < -0.4 is 0 Å². The molecule has 0 saturated carbocycles. The lowest BCUT2D eigenvalue weighted by atomic mass is 10.1. The third kappa shape index (κ3) is 7.26. The molecule has 112 valence electrons. The van der Waals surface area contributed by atoms with Crippen molar-refractivity contribution in [3.8, 4) is 0 Å². The van der Waals surface area contributed by atoms with Gasteiger partial charge >= 0.3 is 5.97 Å². The second kappa shape index (κ2) is 8.02. The van der Waals surface area contributed by atoms with Gasteiger partial charge in [0.25, 0.3) is 0 Å². The van der Waals surface area contributed by atoms with E-state index in [0.29, 0.717) is 13.2 Å². The number of aliphatic hydroxyl groups is 1. The van der Waals surface area contributed by atoms with Crippen LogP contribution in [0.5, 0.6) is 0 Å². The van der Waals surface area contributed by atoms with Gasteiger partial charge in [0.1, 0.15) is 5.60 Å². The van der Waals surface area contributed by atoms with Crippen LogP contribution in [0.2, 0.25) is 0 Å². The summed E-state index contributed by atoms with van der Waals surface area (Å²) in [4.78, 5) is 11.4. The number of aliphatic hydroxyl groups excluding tert-OH is 1. The topological polar surface area (TPSA) is 55.8 Å². The third-order valence-corrected chi connectivity index (χ3v) is 2.58. The lowest BCUT2D eigenvalue weighted by Gasteiger charge is -2.19. The van der Waals surface area contributed by atoms with Gasteiger partial charge in [-0.15, -0.1) is 0 Å². The largest absolute Gasteiger partial charge is 0.460 e. The van der Waals surface area contributed by atoms with E-state index in [1.54, 1.807) is 0 Å². The molecule has 0 aromatic heterocycles. The van der Waals surface area contributed by atoms with Gasteiger partial charge in [0.15, 0.2) is 0 Å². The second-order valence-electron chi connectivity index (χ2n) is 5.68. The summed E-state index contributed by atoms with van der Waals surface area (Å²) < 4.78 is 10.6. The first-order valence-electron chi connectivity index (χ1n) is 6.89. The van der Waals surface area contributed by atoms with Crippen molar-refractivity contribution in [1.29, 1.82) is 0 Å². The fourth-order valence-electron chi connectivity index (χ4n) is 1.72. The lowest BCUT2D eigenvalue weighted by molar-refractivity contribution is -0.156. The number of carbonyl (C=O) groups is 1. The van der Waals surface area contributed by atoms with Gasteiger partial charge in [0.05, 0.1) is 26.2 Å². The van der Waals surface area contributed by atoms with Gasteiger partial charge in [-0.05, 0) is 38.3 Å². The maximum Gasteiger partial charge on any atom is 0.308 e. The summed E-state index contributed by atoms with van der Waals surface area (Å²) in [5.74, 6) is -0.236. The fraction of sp³-hybridized carbons (Fsp3) is 0.562. The Balaban J connectivity index is 2.17. The van der Waals surface area contributed by atoms with Crippen molar-refractivity contribution in [1.82, 2.24) is 0 Å². The zero-order valence-electron chi connectivity index (χ0n) is 12.5. The molecule has 1 rings (SSSR count). The van der Waals surface area contributed by atoms with Gasteiger partial charge in [0.2, 0.25) is 0 Å². The van der Waals surface area contributed by atoms with Gasteiger partial charge < -0.3 is 14.6 Å². The van der Waals surface area contributed by atoms with E-state index in [4.69, 9.17) is 14.6 Å². The van der Waals surface area contributed by atoms with E-state index in [9.17, 15) is 4.79 Å². The Morgan fingerprint density at radius 3 is 2.55 bits per heavy atom. The molecule has 0 aliphatic rings. The first kappa shape index (κ1) is 16.7. The molecule has 1 aromatic carbocycles. The lowest BCUT2D eigenvalue weighted by Crippen LogP contribution is -2.24. The minimum Gasteiger partial charge on any atom is -0.460 e. The van der Waals surface area contributed by atoms with E-state index < -0.39 is 5.60 Å². The molecule has 0 aliphatic heterocycles. The van der Waals surface area contributed by atoms with Crippen molar-refractivity contribution in [2.75, 3.05) is 13.2 Å². The van der Waals surface area contributed by atoms with Crippen molar-refractivity contribution in [2.45, 2.75) is 45.8 Å². The molecule has 1 N–H and O–H groups in total. The normalized spacial score (nSPS) is 11.4. The molecule has 0 atom stereocenters. The predicted octanol–water partition coefficient (Wildman–Crippen LogP) is 2.47. The summed E-state index contributed by atoms with van der Waals surface area (Å²) in [6.45, 7) is 6.51. The minimum absolute atomic E-state index is 0.0489. The van der Waals surface area contributed by atoms with Crippen LogP contribution in [-0.2, 0) is 27.3 Å². The van der Waals surface area contributed by atoms with Crippen LogP contribution in [-0.4, -0.2) is 29.9 Å². The van der Waals surface area contributed by atoms with Crippen LogP contribution in [0, 0.1) is 0 Å². The Morgan fingerprint density at radius 2 is 1.90 bits per heavy atom. The molecule has 0 saturated heterocycles. The van der Waals surface area contributed by atoms with Crippen molar-refractivity contribution >= 4 is 5.97 Å². The first-order chi connectivity index (χ1) is 9.40. The number of ether oxygens (including phenoxy) is 2. The summed E-state index contributed by atoms with van der Waals surface area (Å²) in [5.41, 5.74) is 1.58. The molecule has 0 bridgehead atoms. The van der Waals surface area contributed by atoms with E-state index in [-0.39, 0.29) is 19.0 Å². The quantitative estimate of drug-likeness (QED) is 0.616. The summed E-state index contributed by atoms with van der Waals surface area (Å²) in [6.07, 6.45) is 1.04. The SMILES string of the molecule is CC(C)(C)OC(=O)CCOCCc1cccc(CO)c1. The van der Waals surface area contributed by atoms with Gasteiger partial charge in [-0.2, -0.15) is 0 Å². The Bertz CT molecular complexity index is 421. The molecule has 0 heterocycles. The monoisotopic (exact) mass is 280 g/mol. The average molecular weight is 280 g/mol. The highest BCUT2D eigenvalue weighted by atomic mass is 16.6. The average Bonchev–Trinajstić information content (AvgIpc) is 2.36. The molecular formula is C16H24O4. The molecular weight excluding hydrogens is 256 g/mol. The van der Waals surface area contributed by atoms with Crippen LogP contribution in [0.15, 0.2) is 24.3 Å². The van der Waals surface area contributed by atoms with Crippen LogP contribution in [0.25, 0.3) is 0 Å². The molecule has 0 radical (unpaired) electrons. The smallest absolute Gasteiger partial charge is 0.308 e. The number of hydrogen-bond donors (Lipinski definition) is 1. The second-order valence-corrected chi connectivity index (χ2v) is 5.68. The van der Waals surface area contributed by atoms with Gasteiger partial charge in [0, 0.05) is 0 Å². The molecule has 1 aromatic rings. The van der Waals surface area contributed by atoms with Gasteiger partial charge in [-0.3, -0.25) is 4.79 Å². The Hall–Kier alpha value is -1.39. The van der Waals surface area contributed by atoms with Crippen LogP contribution in [0.4, 0.5) is 0 Å². The first-order valence-corrected chi connectivity index (χ1v) is 6.89. The highest BCUT2D eigenvalue weighted by Gasteiger charge is 2.15. The van der Waals surface area contributed by atoms with E-state index in [2.05, 4.69) is 0 Å². The third-order valence-electron chi connectivity index (χ3n) is 2.58. The zero-order valence-corrected chi connectivity index (χ0v) is 12.5. The Morgan fingerprint density at radius 1 is 1.20 bits per heavy atom. The Labute approximate surface area is 120 Å². The number of carbonyl (C=O) groups excluding carboxylic acids is 1. The molecule has 0 unspecified atom stereocenters. The number of rotatable bonds is 7. The molecule has 0 spiro atoms. The van der Waals surface area contributed by atoms with Gasteiger partial charge in [-0.25, -0.2) is 0 Å². The minimum atomic E-state index is -0.443. The molecule has 20 heavy (non-hydrogen) atoms.